The maximum absolute atomic E-state index is 12.4. The summed E-state index contributed by atoms with van der Waals surface area (Å²) in [4.78, 5) is 18.7. The fraction of sp³-hybridized carbons (Fsp3) is 0.556. The van der Waals surface area contributed by atoms with E-state index in [9.17, 15) is 13.2 Å². The van der Waals surface area contributed by atoms with Crippen molar-refractivity contribution >= 4 is 38.4 Å². The van der Waals surface area contributed by atoms with E-state index >= 15 is 0 Å². The third-order valence-electron chi connectivity index (χ3n) is 4.33. The quantitative estimate of drug-likeness (QED) is 0.782. The lowest BCUT2D eigenvalue weighted by Gasteiger charge is -2.25. The molecule has 1 amide bonds. The lowest BCUT2D eigenvalue weighted by Crippen LogP contribution is -2.38. The van der Waals surface area contributed by atoms with Gasteiger partial charge in [-0.05, 0) is 31.2 Å². The van der Waals surface area contributed by atoms with Crippen LogP contribution in [0.3, 0.4) is 0 Å². The maximum Gasteiger partial charge on any atom is 0.253 e. The van der Waals surface area contributed by atoms with Gasteiger partial charge in [-0.1, -0.05) is 32.5 Å². The number of aliphatic imine (C=N–C) groups is 1. The van der Waals surface area contributed by atoms with Crippen LogP contribution in [0.2, 0.25) is 0 Å². The first-order chi connectivity index (χ1) is 12.1. The van der Waals surface area contributed by atoms with E-state index in [2.05, 4.69) is 4.99 Å². The molecule has 2 aliphatic heterocycles. The zero-order valence-electron chi connectivity index (χ0n) is 15.4. The van der Waals surface area contributed by atoms with Crippen LogP contribution >= 0.6 is 11.8 Å². The molecular formula is C18H24N2O4S2. The summed E-state index contributed by atoms with van der Waals surface area (Å²) in [6.07, 6.45) is 0. The van der Waals surface area contributed by atoms with Crippen LogP contribution in [0, 0.1) is 5.41 Å². The van der Waals surface area contributed by atoms with E-state index in [1.165, 1.54) is 11.8 Å². The summed E-state index contributed by atoms with van der Waals surface area (Å²) in [7, 11) is -3.07. The van der Waals surface area contributed by atoms with Crippen molar-refractivity contribution in [3.63, 3.8) is 0 Å². The van der Waals surface area contributed by atoms with Gasteiger partial charge >= 0.3 is 0 Å². The summed E-state index contributed by atoms with van der Waals surface area (Å²) < 4.78 is 29.6. The van der Waals surface area contributed by atoms with E-state index < -0.39 is 15.3 Å². The van der Waals surface area contributed by atoms with Crippen LogP contribution in [-0.2, 0) is 14.6 Å². The average Bonchev–Trinajstić information content (AvgIpc) is 2.98. The predicted octanol–water partition coefficient (Wildman–Crippen LogP) is 2.73. The molecular weight excluding hydrogens is 372 g/mol. The first kappa shape index (κ1) is 19.2. The number of fused-ring (bicyclic) bond motifs is 1. The summed E-state index contributed by atoms with van der Waals surface area (Å²) in [5.74, 6) is 0.751. The SMILES string of the molecule is CCOc1ccc(N2C(=NC(=O)C(C)(C)C)S[C@H]3CS(=O)(=O)C[C@H]32)cc1. The van der Waals surface area contributed by atoms with Crippen molar-refractivity contribution in [2.45, 2.75) is 39.0 Å². The number of amides is 1. The lowest BCUT2D eigenvalue weighted by atomic mass is 9.96. The van der Waals surface area contributed by atoms with Crippen molar-refractivity contribution in [3.05, 3.63) is 24.3 Å². The smallest absolute Gasteiger partial charge is 0.253 e. The molecule has 6 nitrogen and oxygen atoms in total. The summed E-state index contributed by atoms with van der Waals surface area (Å²) in [5, 5.41) is 0.483. The third-order valence-corrected chi connectivity index (χ3v) is 7.54. The van der Waals surface area contributed by atoms with E-state index in [-0.39, 0.29) is 28.7 Å². The number of amidine groups is 1. The van der Waals surface area contributed by atoms with Crippen molar-refractivity contribution in [2.75, 3.05) is 23.0 Å². The molecule has 0 aromatic heterocycles. The van der Waals surface area contributed by atoms with Crippen LogP contribution < -0.4 is 9.64 Å². The summed E-state index contributed by atoms with van der Waals surface area (Å²) in [6, 6.07) is 7.27. The second-order valence-corrected chi connectivity index (χ2v) is 10.9. The lowest BCUT2D eigenvalue weighted by molar-refractivity contribution is -0.124. The van der Waals surface area contributed by atoms with Crippen molar-refractivity contribution in [1.82, 2.24) is 0 Å². The second-order valence-electron chi connectivity index (χ2n) is 7.55. The Labute approximate surface area is 158 Å². The molecule has 0 aliphatic carbocycles. The summed E-state index contributed by atoms with van der Waals surface area (Å²) >= 11 is 1.39. The third kappa shape index (κ3) is 3.91. The fourth-order valence-electron chi connectivity index (χ4n) is 2.99. The highest BCUT2D eigenvalue weighted by atomic mass is 32.2. The molecule has 2 saturated heterocycles. The molecule has 0 saturated carbocycles. The van der Waals surface area contributed by atoms with Crippen molar-refractivity contribution in [2.24, 2.45) is 10.4 Å². The molecule has 2 aliphatic rings. The molecule has 2 fully saturated rings. The Balaban J connectivity index is 1.97. The summed E-state index contributed by atoms with van der Waals surface area (Å²) in [6.45, 7) is 7.97. The van der Waals surface area contributed by atoms with Gasteiger partial charge in [-0.3, -0.25) is 4.79 Å². The van der Waals surface area contributed by atoms with Crippen LogP contribution in [0.5, 0.6) is 5.75 Å². The largest absolute Gasteiger partial charge is 0.494 e. The van der Waals surface area contributed by atoms with E-state index in [4.69, 9.17) is 4.74 Å². The highest BCUT2D eigenvalue weighted by Crippen LogP contribution is 2.41. The number of hydrogen-bond donors (Lipinski definition) is 0. The highest BCUT2D eigenvalue weighted by molar-refractivity contribution is 8.16. The molecule has 1 aromatic rings. The number of carbonyl (C=O) groups excluding carboxylic acids is 1. The monoisotopic (exact) mass is 396 g/mol. The zero-order chi connectivity index (χ0) is 19.1. The molecule has 1 aromatic carbocycles. The van der Waals surface area contributed by atoms with E-state index in [0.717, 1.165) is 11.4 Å². The normalized spacial score (nSPS) is 26.2. The molecule has 3 rings (SSSR count). The number of nitrogens with zero attached hydrogens (tertiary/aromatic N) is 2. The number of hydrogen-bond acceptors (Lipinski definition) is 5. The Kier molecular flexibility index (Phi) is 5.09. The first-order valence-corrected chi connectivity index (χ1v) is 11.3. The Morgan fingerprint density at radius 3 is 2.50 bits per heavy atom. The minimum atomic E-state index is -3.07. The van der Waals surface area contributed by atoms with Gasteiger partial charge in [0.1, 0.15) is 5.75 Å². The minimum absolute atomic E-state index is 0.0839. The van der Waals surface area contributed by atoms with Crippen LogP contribution in [0.4, 0.5) is 5.69 Å². The number of anilines is 1. The molecule has 26 heavy (non-hydrogen) atoms. The molecule has 142 valence electrons. The van der Waals surface area contributed by atoms with Crippen molar-refractivity contribution in [1.29, 1.82) is 0 Å². The standard InChI is InChI=1S/C18H24N2O4S2/c1-5-24-13-8-6-12(7-9-13)20-14-10-26(22,23)11-15(14)25-17(20)19-16(21)18(2,3)4/h6-9,14-15H,5,10-11H2,1-4H3/t14-,15+/m1/s1. The molecule has 0 unspecified atom stereocenters. The molecule has 8 heteroatoms. The molecule has 0 spiro atoms. The number of benzene rings is 1. The molecule has 2 heterocycles. The van der Waals surface area contributed by atoms with Gasteiger partial charge in [0.15, 0.2) is 15.0 Å². The highest BCUT2D eigenvalue weighted by Gasteiger charge is 2.49. The van der Waals surface area contributed by atoms with Gasteiger partial charge in [0.25, 0.3) is 5.91 Å². The predicted molar refractivity (Wildman–Crippen MR) is 106 cm³/mol. The number of rotatable bonds is 3. The fourth-order valence-corrected chi connectivity index (χ4v) is 6.90. The molecule has 0 radical (unpaired) electrons. The van der Waals surface area contributed by atoms with Gasteiger partial charge in [-0.25, -0.2) is 8.42 Å². The van der Waals surface area contributed by atoms with Gasteiger partial charge in [-0.2, -0.15) is 4.99 Å². The Morgan fingerprint density at radius 1 is 1.27 bits per heavy atom. The molecule has 0 N–H and O–H groups in total. The number of sulfone groups is 1. The van der Waals surface area contributed by atoms with Crippen molar-refractivity contribution < 1.29 is 17.9 Å². The van der Waals surface area contributed by atoms with Gasteiger partial charge in [-0.15, -0.1) is 0 Å². The van der Waals surface area contributed by atoms with E-state index in [0.29, 0.717) is 11.8 Å². The molecule has 2 atom stereocenters. The van der Waals surface area contributed by atoms with Gasteiger partial charge in [0.2, 0.25) is 0 Å². The topological polar surface area (TPSA) is 76.0 Å². The van der Waals surface area contributed by atoms with Crippen LogP contribution in [0.25, 0.3) is 0 Å². The van der Waals surface area contributed by atoms with Gasteiger partial charge < -0.3 is 9.64 Å². The number of carbonyl (C=O) groups is 1. The van der Waals surface area contributed by atoms with E-state index in [1.807, 2.05) is 56.9 Å². The van der Waals surface area contributed by atoms with Gasteiger partial charge in [0, 0.05) is 16.4 Å². The number of ether oxygens (including phenoxy) is 1. The second kappa shape index (κ2) is 6.88. The van der Waals surface area contributed by atoms with Crippen LogP contribution in [0.1, 0.15) is 27.7 Å². The Bertz CT molecular complexity index is 826. The van der Waals surface area contributed by atoms with Gasteiger partial charge in [0.05, 0.1) is 24.2 Å². The maximum atomic E-state index is 12.4. The molecule has 0 bridgehead atoms. The van der Waals surface area contributed by atoms with E-state index in [1.54, 1.807) is 0 Å². The van der Waals surface area contributed by atoms with Crippen LogP contribution in [-0.4, -0.2) is 48.9 Å². The van der Waals surface area contributed by atoms with Crippen molar-refractivity contribution in [3.8, 4) is 5.75 Å². The minimum Gasteiger partial charge on any atom is -0.494 e. The Morgan fingerprint density at radius 2 is 1.92 bits per heavy atom. The van der Waals surface area contributed by atoms with Crippen LogP contribution in [0.15, 0.2) is 29.3 Å². The average molecular weight is 397 g/mol. The summed E-state index contributed by atoms with van der Waals surface area (Å²) in [5.41, 5.74) is 0.243. The first-order valence-electron chi connectivity index (χ1n) is 8.63. The Hall–Kier alpha value is -1.54. The number of thioether (sulfide) groups is 1. The zero-order valence-corrected chi connectivity index (χ0v) is 17.1.